The molecule has 0 aromatic heterocycles. The Hall–Kier alpha value is -2.39. The van der Waals surface area contributed by atoms with Gasteiger partial charge in [0, 0.05) is 23.2 Å². The summed E-state index contributed by atoms with van der Waals surface area (Å²) in [7, 11) is 0. The van der Waals surface area contributed by atoms with E-state index >= 15 is 0 Å². The Morgan fingerprint density at radius 2 is 1.80 bits per heavy atom. The lowest BCUT2D eigenvalue weighted by atomic mass is 10.1. The molecule has 5 nitrogen and oxygen atoms in total. The Bertz CT molecular complexity index is 837. The second-order valence-electron chi connectivity index (χ2n) is 6.81. The van der Waals surface area contributed by atoms with Gasteiger partial charge in [-0.2, -0.15) is 0 Å². The summed E-state index contributed by atoms with van der Waals surface area (Å²) in [5, 5.41) is 9.25. The van der Waals surface area contributed by atoms with Gasteiger partial charge in [0.1, 0.15) is 11.5 Å². The molecular formula is C21H22F3NO4S. The SMILES string of the molecule is O=C(COc1ccc(CO)cc1)N1CCC(Sc2cccc(OC(F)(F)F)c2)CC1. The Morgan fingerprint density at radius 3 is 2.43 bits per heavy atom. The van der Waals surface area contributed by atoms with Gasteiger partial charge in [-0.3, -0.25) is 4.79 Å². The summed E-state index contributed by atoms with van der Waals surface area (Å²) < 4.78 is 46.6. The summed E-state index contributed by atoms with van der Waals surface area (Å²) in [5.74, 6) is 0.224. The molecule has 30 heavy (non-hydrogen) atoms. The quantitative estimate of drug-likeness (QED) is 0.697. The van der Waals surface area contributed by atoms with Crippen molar-refractivity contribution in [1.82, 2.24) is 4.90 Å². The highest BCUT2D eigenvalue weighted by molar-refractivity contribution is 8.00. The largest absolute Gasteiger partial charge is 0.573 e. The Labute approximate surface area is 176 Å². The summed E-state index contributed by atoms with van der Waals surface area (Å²) in [6.45, 7) is 1.03. The maximum absolute atomic E-state index is 12.4. The third-order valence-electron chi connectivity index (χ3n) is 4.60. The van der Waals surface area contributed by atoms with Crippen LogP contribution in [0.25, 0.3) is 0 Å². The van der Waals surface area contributed by atoms with E-state index in [2.05, 4.69) is 4.74 Å². The van der Waals surface area contributed by atoms with Crippen molar-refractivity contribution >= 4 is 17.7 Å². The maximum Gasteiger partial charge on any atom is 0.573 e. The fourth-order valence-electron chi connectivity index (χ4n) is 3.09. The minimum Gasteiger partial charge on any atom is -0.484 e. The molecule has 0 aliphatic carbocycles. The molecule has 9 heteroatoms. The van der Waals surface area contributed by atoms with Crippen LogP contribution in [0.3, 0.4) is 0 Å². The normalized spacial score (nSPS) is 15.1. The van der Waals surface area contributed by atoms with Gasteiger partial charge in [-0.25, -0.2) is 0 Å². The van der Waals surface area contributed by atoms with Crippen LogP contribution in [0.4, 0.5) is 13.2 Å². The number of amides is 1. The number of hydrogen-bond acceptors (Lipinski definition) is 5. The molecule has 0 bridgehead atoms. The van der Waals surface area contributed by atoms with E-state index in [-0.39, 0.29) is 30.1 Å². The van der Waals surface area contributed by atoms with E-state index in [0.29, 0.717) is 23.7 Å². The first-order valence-corrected chi connectivity index (χ1v) is 10.3. The summed E-state index contributed by atoms with van der Waals surface area (Å²) in [5.41, 5.74) is 0.767. The molecule has 0 radical (unpaired) electrons. The smallest absolute Gasteiger partial charge is 0.484 e. The maximum atomic E-state index is 12.4. The van der Waals surface area contributed by atoms with Crippen LogP contribution >= 0.6 is 11.8 Å². The van der Waals surface area contributed by atoms with Gasteiger partial charge in [0.2, 0.25) is 0 Å². The number of hydrogen-bond donors (Lipinski definition) is 1. The lowest BCUT2D eigenvalue weighted by molar-refractivity contribution is -0.274. The molecule has 3 rings (SSSR count). The van der Waals surface area contributed by atoms with E-state index in [4.69, 9.17) is 9.84 Å². The van der Waals surface area contributed by atoms with Gasteiger partial charge >= 0.3 is 6.36 Å². The standard InChI is InChI=1S/C21H22F3NO4S/c22-21(23,24)29-17-2-1-3-19(12-17)30-18-8-10-25(11-9-18)20(27)14-28-16-6-4-15(13-26)5-7-16/h1-7,12,18,26H,8-11,13-14H2. The van der Waals surface area contributed by atoms with Crippen LogP contribution in [-0.4, -0.2) is 47.2 Å². The average Bonchev–Trinajstić information content (AvgIpc) is 2.72. The minimum absolute atomic E-state index is 0.0498. The van der Waals surface area contributed by atoms with E-state index in [1.54, 1.807) is 35.2 Å². The molecule has 1 saturated heterocycles. The number of nitrogens with zero attached hydrogens (tertiary/aromatic N) is 1. The number of rotatable bonds is 7. The number of likely N-dealkylation sites (tertiary alicyclic amines) is 1. The van der Waals surface area contributed by atoms with Crippen molar-refractivity contribution in [2.75, 3.05) is 19.7 Å². The molecule has 2 aromatic carbocycles. The fourth-order valence-corrected chi connectivity index (χ4v) is 4.26. The molecule has 0 atom stereocenters. The monoisotopic (exact) mass is 441 g/mol. The van der Waals surface area contributed by atoms with Gasteiger partial charge < -0.3 is 19.5 Å². The van der Waals surface area contributed by atoms with Crippen LogP contribution < -0.4 is 9.47 Å². The molecule has 0 saturated carbocycles. The highest BCUT2D eigenvalue weighted by atomic mass is 32.2. The van der Waals surface area contributed by atoms with E-state index in [0.717, 1.165) is 18.4 Å². The summed E-state index contributed by atoms with van der Waals surface area (Å²) in [4.78, 5) is 14.8. The first kappa shape index (κ1) is 22.3. The third-order valence-corrected chi connectivity index (χ3v) is 5.94. The van der Waals surface area contributed by atoms with Gasteiger partial charge in [-0.05, 0) is 48.7 Å². The second kappa shape index (κ2) is 10.1. The van der Waals surface area contributed by atoms with Crippen LogP contribution in [0.2, 0.25) is 0 Å². The van der Waals surface area contributed by atoms with Gasteiger partial charge in [0.25, 0.3) is 5.91 Å². The topological polar surface area (TPSA) is 59.0 Å². The number of alkyl halides is 3. The summed E-state index contributed by atoms with van der Waals surface area (Å²) in [6.07, 6.45) is -3.23. The predicted molar refractivity (Wildman–Crippen MR) is 106 cm³/mol. The molecule has 1 fully saturated rings. The number of benzene rings is 2. The highest BCUT2D eigenvalue weighted by Gasteiger charge is 2.31. The lowest BCUT2D eigenvalue weighted by Gasteiger charge is -2.31. The molecule has 0 unspecified atom stereocenters. The molecule has 1 heterocycles. The van der Waals surface area contributed by atoms with Crippen molar-refractivity contribution < 1.29 is 32.5 Å². The third kappa shape index (κ3) is 6.84. The van der Waals surface area contributed by atoms with Gasteiger partial charge in [-0.1, -0.05) is 18.2 Å². The number of halogens is 3. The van der Waals surface area contributed by atoms with Crippen LogP contribution in [0, 0.1) is 0 Å². The van der Waals surface area contributed by atoms with E-state index in [1.165, 1.54) is 30.0 Å². The Kier molecular flexibility index (Phi) is 7.49. The van der Waals surface area contributed by atoms with Crippen molar-refractivity contribution in [2.24, 2.45) is 0 Å². The van der Waals surface area contributed by atoms with Crippen molar-refractivity contribution in [1.29, 1.82) is 0 Å². The molecule has 1 N–H and O–H groups in total. The van der Waals surface area contributed by atoms with Crippen molar-refractivity contribution in [3.8, 4) is 11.5 Å². The van der Waals surface area contributed by atoms with Crippen LogP contribution in [0.1, 0.15) is 18.4 Å². The number of thioether (sulfide) groups is 1. The zero-order valence-electron chi connectivity index (χ0n) is 16.1. The van der Waals surface area contributed by atoms with Gasteiger partial charge in [-0.15, -0.1) is 24.9 Å². The van der Waals surface area contributed by atoms with Crippen LogP contribution in [0.5, 0.6) is 11.5 Å². The number of aliphatic hydroxyl groups excluding tert-OH is 1. The molecule has 2 aromatic rings. The first-order valence-electron chi connectivity index (χ1n) is 9.45. The average molecular weight is 441 g/mol. The van der Waals surface area contributed by atoms with Gasteiger partial charge in [0.15, 0.2) is 6.61 Å². The van der Waals surface area contributed by atoms with E-state index < -0.39 is 6.36 Å². The summed E-state index contributed by atoms with van der Waals surface area (Å²) >= 11 is 1.50. The lowest BCUT2D eigenvalue weighted by Crippen LogP contribution is -2.41. The highest BCUT2D eigenvalue weighted by Crippen LogP contribution is 2.33. The number of piperidine rings is 1. The zero-order valence-corrected chi connectivity index (χ0v) is 16.9. The van der Waals surface area contributed by atoms with Crippen LogP contribution in [0.15, 0.2) is 53.4 Å². The fraction of sp³-hybridized carbons (Fsp3) is 0.381. The number of carbonyl (C=O) groups excluding carboxylic acids is 1. The first-order chi connectivity index (χ1) is 14.3. The molecule has 162 valence electrons. The number of aliphatic hydroxyl groups is 1. The second-order valence-corrected chi connectivity index (χ2v) is 8.19. The summed E-state index contributed by atoms with van der Waals surface area (Å²) in [6, 6.07) is 12.8. The molecule has 1 aliphatic rings. The molecule has 1 aliphatic heterocycles. The molecule has 1 amide bonds. The predicted octanol–water partition coefficient (Wildman–Crippen LogP) is 4.24. The van der Waals surface area contributed by atoms with Crippen molar-refractivity contribution in [3.05, 3.63) is 54.1 Å². The van der Waals surface area contributed by atoms with Gasteiger partial charge in [0.05, 0.1) is 6.61 Å². The van der Waals surface area contributed by atoms with Crippen LogP contribution in [-0.2, 0) is 11.4 Å². The van der Waals surface area contributed by atoms with E-state index in [1.807, 2.05) is 0 Å². The van der Waals surface area contributed by atoms with Crippen molar-refractivity contribution in [3.63, 3.8) is 0 Å². The van der Waals surface area contributed by atoms with Crippen molar-refractivity contribution in [2.45, 2.75) is 36.0 Å². The number of carbonyl (C=O) groups is 1. The molecule has 0 spiro atoms. The minimum atomic E-state index is -4.71. The molecular weight excluding hydrogens is 419 g/mol. The Morgan fingerprint density at radius 1 is 1.10 bits per heavy atom. The zero-order chi connectivity index (χ0) is 21.6. The Balaban J connectivity index is 1.44. The number of ether oxygens (including phenoxy) is 2. The van der Waals surface area contributed by atoms with E-state index in [9.17, 15) is 18.0 Å².